The first kappa shape index (κ1) is 16.9. The van der Waals surface area contributed by atoms with Gasteiger partial charge in [-0.1, -0.05) is 17.7 Å². The van der Waals surface area contributed by atoms with Crippen LogP contribution < -0.4 is 4.90 Å². The average molecular weight is 331 g/mol. The number of rotatable bonds is 3. The largest absolute Gasteiger partial charge is 0.373 e. The van der Waals surface area contributed by atoms with Gasteiger partial charge in [0.05, 0.1) is 18.9 Å². The summed E-state index contributed by atoms with van der Waals surface area (Å²) in [5, 5.41) is 0. The van der Waals surface area contributed by atoms with Crippen LogP contribution in [0.25, 0.3) is 0 Å². The van der Waals surface area contributed by atoms with E-state index in [0.29, 0.717) is 6.67 Å². The number of hydrogen-bond donors (Lipinski definition) is 0. The highest BCUT2D eigenvalue weighted by molar-refractivity contribution is 6.14. The van der Waals surface area contributed by atoms with Crippen LogP contribution in [0.2, 0.25) is 0 Å². The number of urea groups is 1. The lowest BCUT2D eigenvalue weighted by Crippen LogP contribution is -2.51. The fourth-order valence-corrected chi connectivity index (χ4v) is 3.50. The van der Waals surface area contributed by atoms with Crippen molar-refractivity contribution in [1.29, 1.82) is 0 Å². The van der Waals surface area contributed by atoms with Crippen molar-refractivity contribution in [3.8, 4) is 0 Å². The van der Waals surface area contributed by atoms with E-state index >= 15 is 0 Å². The summed E-state index contributed by atoms with van der Waals surface area (Å²) >= 11 is 0. The molecule has 0 spiro atoms. The molecule has 130 valence electrons. The Morgan fingerprint density at radius 3 is 2.21 bits per heavy atom. The maximum absolute atomic E-state index is 12.8. The summed E-state index contributed by atoms with van der Waals surface area (Å²) < 4.78 is 5.72. The van der Waals surface area contributed by atoms with E-state index in [0.717, 1.165) is 24.3 Å². The number of carbonyl (C=O) groups excluding carboxylic acids is 2. The maximum atomic E-state index is 12.8. The van der Waals surface area contributed by atoms with Crippen LogP contribution in [-0.2, 0) is 9.53 Å². The number of benzene rings is 1. The van der Waals surface area contributed by atoms with Crippen molar-refractivity contribution >= 4 is 17.6 Å². The van der Waals surface area contributed by atoms with Crippen LogP contribution in [0, 0.1) is 6.92 Å². The number of imide groups is 1. The monoisotopic (exact) mass is 331 g/mol. The molecule has 24 heavy (non-hydrogen) atoms. The summed E-state index contributed by atoms with van der Waals surface area (Å²) in [4.78, 5) is 30.5. The Kier molecular flexibility index (Phi) is 4.60. The molecule has 2 aliphatic rings. The lowest BCUT2D eigenvalue weighted by atomic mass is 10.2. The molecule has 0 aromatic heterocycles. The van der Waals surface area contributed by atoms with Gasteiger partial charge in [-0.2, -0.15) is 0 Å². The van der Waals surface area contributed by atoms with E-state index in [-0.39, 0.29) is 24.1 Å². The summed E-state index contributed by atoms with van der Waals surface area (Å²) in [6.07, 6.45) is 0.208. The molecule has 3 amide bonds. The molecule has 1 aromatic rings. The van der Waals surface area contributed by atoms with Gasteiger partial charge in [0.1, 0.15) is 6.04 Å². The second kappa shape index (κ2) is 6.53. The predicted molar refractivity (Wildman–Crippen MR) is 91.8 cm³/mol. The first-order valence-corrected chi connectivity index (χ1v) is 8.46. The topological polar surface area (TPSA) is 53.1 Å². The van der Waals surface area contributed by atoms with Crippen LogP contribution in [0.1, 0.15) is 26.3 Å². The minimum atomic E-state index is -0.476. The van der Waals surface area contributed by atoms with Gasteiger partial charge in [-0.3, -0.25) is 14.6 Å². The molecule has 2 fully saturated rings. The fraction of sp³-hybridized carbons (Fsp3) is 0.556. The Balaban J connectivity index is 1.76. The summed E-state index contributed by atoms with van der Waals surface area (Å²) in [5.41, 5.74) is 1.88. The molecule has 2 aliphatic heterocycles. The van der Waals surface area contributed by atoms with Crippen molar-refractivity contribution in [3.05, 3.63) is 29.8 Å². The SMILES string of the molecule is Cc1ccc(N2C(=O)N(CN3C[C@H](C)O[C@@H](C)C3)C(=O)[C@H]2C)cc1. The highest BCUT2D eigenvalue weighted by Crippen LogP contribution is 2.26. The molecule has 2 saturated heterocycles. The summed E-state index contributed by atoms with van der Waals surface area (Å²) in [6.45, 7) is 9.57. The molecule has 1 aromatic carbocycles. The Hall–Kier alpha value is -1.92. The van der Waals surface area contributed by atoms with Crippen LogP contribution in [0.15, 0.2) is 24.3 Å². The average Bonchev–Trinajstić information content (AvgIpc) is 2.71. The number of aryl methyl sites for hydroxylation is 1. The Labute approximate surface area is 143 Å². The van der Waals surface area contributed by atoms with E-state index in [4.69, 9.17) is 4.74 Å². The van der Waals surface area contributed by atoms with Crippen molar-refractivity contribution in [2.45, 2.75) is 45.9 Å². The quantitative estimate of drug-likeness (QED) is 0.797. The molecule has 3 atom stereocenters. The molecule has 6 nitrogen and oxygen atoms in total. The van der Waals surface area contributed by atoms with Crippen LogP contribution in [0.3, 0.4) is 0 Å². The van der Waals surface area contributed by atoms with Crippen LogP contribution in [-0.4, -0.2) is 59.7 Å². The van der Waals surface area contributed by atoms with E-state index in [1.54, 1.807) is 11.8 Å². The van der Waals surface area contributed by atoms with Crippen molar-refractivity contribution in [2.24, 2.45) is 0 Å². The Bertz CT molecular complexity index is 621. The number of anilines is 1. The predicted octanol–water partition coefficient (Wildman–Crippen LogP) is 2.22. The van der Waals surface area contributed by atoms with E-state index in [9.17, 15) is 9.59 Å². The number of nitrogens with zero attached hydrogens (tertiary/aromatic N) is 3. The zero-order valence-corrected chi connectivity index (χ0v) is 14.7. The molecule has 0 N–H and O–H groups in total. The van der Waals surface area contributed by atoms with Crippen molar-refractivity contribution in [1.82, 2.24) is 9.80 Å². The van der Waals surface area contributed by atoms with Gasteiger partial charge in [0.2, 0.25) is 0 Å². The maximum Gasteiger partial charge on any atom is 0.333 e. The second-order valence-corrected chi connectivity index (χ2v) is 6.87. The smallest absolute Gasteiger partial charge is 0.333 e. The van der Waals surface area contributed by atoms with Gasteiger partial charge < -0.3 is 4.74 Å². The first-order valence-electron chi connectivity index (χ1n) is 8.46. The summed E-state index contributed by atoms with van der Waals surface area (Å²) in [6, 6.07) is 6.96. The minimum absolute atomic E-state index is 0.104. The van der Waals surface area contributed by atoms with Gasteiger partial charge in [0.25, 0.3) is 5.91 Å². The zero-order valence-electron chi connectivity index (χ0n) is 14.7. The van der Waals surface area contributed by atoms with Gasteiger partial charge >= 0.3 is 6.03 Å². The van der Waals surface area contributed by atoms with Gasteiger partial charge in [-0.25, -0.2) is 9.69 Å². The Morgan fingerprint density at radius 2 is 1.62 bits per heavy atom. The molecule has 0 saturated carbocycles. The molecule has 0 bridgehead atoms. The molecule has 6 heteroatoms. The molecular weight excluding hydrogens is 306 g/mol. The van der Waals surface area contributed by atoms with E-state index in [1.165, 1.54) is 4.90 Å². The second-order valence-electron chi connectivity index (χ2n) is 6.87. The molecule has 2 heterocycles. The van der Waals surface area contributed by atoms with E-state index < -0.39 is 6.04 Å². The summed E-state index contributed by atoms with van der Waals surface area (Å²) in [7, 11) is 0. The lowest BCUT2D eigenvalue weighted by molar-refractivity contribution is -0.131. The standard InChI is InChI=1S/C18H25N3O3/c1-12-5-7-16(8-6-12)21-15(4)17(22)20(18(21)23)11-19-9-13(2)24-14(3)10-19/h5-8,13-15H,9-11H2,1-4H3/t13-,14-,15+/m0/s1. The van der Waals surface area contributed by atoms with Gasteiger partial charge in [0, 0.05) is 18.8 Å². The first-order chi connectivity index (χ1) is 11.4. The third-order valence-electron chi connectivity index (χ3n) is 4.60. The highest BCUT2D eigenvalue weighted by Gasteiger charge is 2.44. The molecule has 0 radical (unpaired) electrons. The lowest BCUT2D eigenvalue weighted by Gasteiger charge is -2.36. The number of hydrogen-bond acceptors (Lipinski definition) is 4. The molecule has 0 unspecified atom stereocenters. The van der Waals surface area contributed by atoms with Crippen LogP contribution >= 0.6 is 0 Å². The van der Waals surface area contributed by atoms with Gasteiger partial charge in [0.15, 0.2) is 0 Å². The normalized spacial score (nSPS) is 28.8. The molecule has 0 aliphatic carbocycles. The number of morpholine rings is 1. The van der Waals surface area contributed by atoms with E-state index in [1.807, 2.05) is 45.0 Å². The molecule has 3 rings (SSSR count). The third kappa shape index (κ3) is 3.16. The number of amides is 3. The Morgan fingerprint density at radius 1 is 1.04 bits per heavy atom. The third-order valence-corrected chi connectivity index (χ3v) is 4.60. The van der Waals surface area contributed by atoms with Crippen LogP contribution in [0.4, 0.5) is 10.5 Å². The minimum Gasteiger partial charge on any atom is -0.373 e. The number of ether oxygens (including phenoxy) is 1. The van der Waals surface area contributed by atoms with Crippen molar-refractivity contribution in [3.63, 3.8) is 0 Å². The molecular formula is C18H25N3O3. The van der Waals surface area contributed by atoms with Crippen molar-refractivity contribution < 1.29 is 14.3 Å². The van der Waals surface area contributed by atoms with Gasteiger partial charge in [-0.15, -0.1) is 0 Å². The number of carbonyl (C=O) groups is 2. The highest BCUT2D eigenvalue weighted by atomic mass is 16.5. The van der Waals surface area contributed by atoms with Crippen molar-refractivity contribution in [2.75, 3.05) is 24.7 Å². The zero-order chi connectivity index (χ0) is 17.4. The fourth-order valence-electron chi connectivity index (χ4n) is 3.50. The van der Waals surface area contributed by atoms with Gasteiger partial charge in [-0.05, 0) is 39.8 Å². The summed E-state index contributed by atoms with van der Waals surface area (Å²) in [5.74, 6) is -0.146. The van der Waals surface area contributed by atoms with E-state index in [2.05, 4.69) is 4.90 Å². The van der Waals surface area contributed by atoms with Crippen LogP contribution in [0.5, 0.6) is 0 Å².